The van der Waals surface area contributed by atoms with Gasteiger partial charge >= 0.3 is 0 Å². The standard InChI is InChI=1S/C24H27BrFN3O4S2/c25-18-4-9-21-22(17-18)34-24(27-21)29(11-2-10-28-12-14-33-15-13-28)23(30)3-1-16-35(31,32)20-7-5-19(26)6-8-20/h4-9,17H,1-3,10-16H2. The van der Waals surface area contributed by atoms with E-state index in [1.165, 1.54) is 23.5 Å². The van der Waals surface area contributed by atoms with Crippen molar-refractivity contribution < 1.29 is 22.3 Å². The number of amides is 1. The van der Waals surface area contributed by atoms with Gasteiger partial charge in [-0.15, -0.1) is 0 Å². The van der Waals surface area contributed by atoms with Gasteiger partial charge in [0.05, 0.1) is 34.1 Å². The highest BCUT2D eigenvalue weighted by molar-refractivity contribution is 9.10. The van der Waals surface area contributed by atoms with Crippen LogP contribution < -0.4 is 4.90 Å². The summed E-state index contributed by atoms with van der Waals surface area (Å²) in [7, 11) is -3.59. The Morgan fingerprint density at radius 2 is 1.89 bits per heavy atom. The van der Waals surface area contributed by atoms with Gasteiger partial charge in [0, 0.05) is 37.1 Å². The van der Waals surface area contributed by atoms with Crippen LogP contribution in [0.4, 0.5) is 9.52 Å². The molecule has 0 aliphatic carbocycles. The highest BCUT2D eigenvalue weighted by Crippen LogP contribution is 2.31. The largest absolute Gasteiger partial charge is 0.379 e. The first-order valence-electron chi connectivity index (χ1n) is 11.5. The summed E-state index contributed by atoms with van der Waals surface area (Å²) in [6.45, 7) is 4.55. The van der Waals surface area contributed by atoms with E-state index >= 15 is 0 Å². The SMILES string of the molecule is O=C(CCCS(=O)(=O)c1ccc(F)cc1)N(CCCN1CCOCC1)c1nc2ccc(Br)cc2s1. The number of rotatable bonds is 10. The predicted molar refractivity (Wildman–Crippen MR) is 139 cm³/mol. The molecule has 1 aliphatic heterocycles. The maximum absolute atomic E-state index is 13.2. The van der Waals surface area contributed by atoms with Crippen LogP contribution in [-0.2, 0) is 19.4 Å². The minimum atomic E-state index is -3.59. The summed E-state index contributed by atoms with van der Waals surface area (Å²) in [4.78, 5) is 22.0. The van der Waals surface area contributed by atoms with Gasteiger partial charge in [0.1, 0.15) is 5.82 Å². The van der Waals surface area contributed by atoms with Crippen LogP contribution in [0.3, 0.4) is 0 Å². The summed E-state index contributed by atoms with van der Waals surface area (Å²) in [5, 5.41) is 0.617. The molecule has 1 aliphatic rings. The van der Waals surface area contributed by atoms with Gasteiger partial charge in [-0.2, -0.15) is 0 Å². The summed E-state index contributed by atoms with van der Waals surface area (Å²) in [5.41, 5.74) is 0.818. The lowest BCUT2D eigenvalue weighted by Crippen LogP contribution is -2.39. The Bertz CT molecular complexity index is 1260. The molecule has 0 spiro atoms. The van der Waals surface area contributed by atoms with Crippen LogP contribution in [0.2, 0.25) is 0 Å². The van der Waals surface area contributed by atoms with Crippen molar-refractivity contribution >= 4 is 58.4 Å². The lowest BCUT2D eigenvalue weighted by atomic mass is 10.2. The highest BCUT2D eigenvalue weighted by atomic mass is 79.9. The van der Waals surface area contributed by atoms with Gasteiger partial charge < -0.3 is 4.74 Å². The molecule has 2 aromatic carbocycles. The number of anilines is 1. The Morgan fingerprint density at radius 3 is 2.63 bits per heavy atom. The summed E-state index contributed by atoms with van der Waals surface area (Å²) < 4.78 is 45.6. The van der Waals surface area contributed by atoms with E-state index in [0.717, 1.165) is 66.1 Å². The maximum atomic E-state index is 13.2. The fraction of sp³-hybridized carbons (Fsp3) is 0.417. The second kappa shape index (κ2) is 11.9. The predicted octanol–water partition coefficient (Wildman–Crippen LogP) is 4.51. The summed E-state index contributed by atoms with van der Waals surface area (Å²) >= 11 is 4.92. The van der Waals surface area contributed by atoms with Crippen molar-refractivity contribution in [2.45, 2.75) is 24.2 Å². The number of nitrogens with zero attached hydrogens (tertiary/aromatic N) is 3. The molecule has 35 heavy (non-hydrogen) atoms. The maximum Gasteiger partial charge on any atom is 0.228 e. The average molecular weight is 585 g/mol. The minimum absolute atomic E-state index is 0.0606. The second-order valence-electron chi connectivity index (χ2n) is 8.34. The first-order chi connectivity index (χ1) is 16.8. The number of hydrogen-bond donors (Lipinski definition) is 0. The normalized spacial score (nSPS) is 14.9. The first kappa shape index (κ1) is 26.2. The third-order valence-electron chi connectivity index (χ3n) is 5.81. The van der Waals surface area contributed by atoms with Crippen LogP contribution in [0.5, 0.6) is 0 Å². The Hall–Kier alpha value is -1.92. The number of carbonyl (C=O) groups excluding carboxylic acids is 1. The molecule has 0 N–H and O–H groups in total. The van der Waals surface area contributed by atoms with Crippen LogP contribution >= 0.6 is 27.3 Å². The lowest BCUT2D eigenvalue weighted by Gasteiger charge is -2.27. The smallest absolute Gasteiger partial charge is 0.228 e. The minimum Gasteiger partial charge on any atom is -0.379 e. The molecule has 2 heterocycles. The zero-order valence-corrected chi connectivity index (χ0v) is 22.4. The molecule has 0 saturated carbocycles. The second-order valence-corrected chi connectivity index (χ2v) is 12.4. The summed E-state index contributed by atoms with van der Waals surface area (Å²) in [6.07, 6.45) is 1.03. The third kappa shape index (κ3) is 7.07. The number of benzene rings is 2. The molecule has 1 amide bonds. The Labute approximate surface area is 216 Å². The molecule has 0 unspecified atom stereocenters. The third-order valence-corrected chi connectivity index (χ3v) is 9.16. The van der Waals surface area contributed by atoms with E-state index in [9.17, 15) is 17.6 Å². The Balaban J connectivity index is 1.42. The molecule has 11 heteroatoms. The number of fused-ring (bicyclic) bond motifs is 1. The molecule has 1 saturated heterocycles. The van der Waals surface area contributed by atoms with Gasteiger partial charge in [-0.3, -0.25) is 14.6 Å². The van der Waals surface area contributed by atoms with Crippen LogP contribution in [0.1, 0.15) is 19.3 Å². The monoisotopic (exact) mass is 583 g/mol. The highest BCUT2D eigenvalue weighted by Gasteiger charge is 2.22. The van der Waals surface area contributed by atoms with Gasteiger partial charge in [0.15, 0.2) is 15.0 Å². The number of morpholine rings is 1. The van der Waals surface area contributed by atoms with Crippen molar-refractivity contribution in [3.63, 3.8) is 0 Å². The van der Waals surface area contributed by atoms with E-state index in [4.69, 9.17) is 4.74 Å². The fourth-order valence-corrected chi connectivity index (χ4v) is 6.79. The molecule has 188 valence electrons. The number of thiazole rings is 1. The van der Waals surface area contributed by atoms with Crippen LogP contribution in [0, 0.1) is 5.82 Å². The number of hydrogen-bond acceptors (Lipinski definition) is 7. The van der Waals surface area contributed by atoms with Crippen LogP contribution in [0.25, 0.3) is 10.2 Å². The van der Waals surface area contributed by atoms with Gasteiger partial charge in [0.2, 0.25) is 5.91 Å². The number of ether oxygens (including phenoxy) is 1. The van der Waals surface area contributed by atoms with Crippen molar-refractivity contribution in [1.29, 1.82) is 0 Å². The van der Waals surface area contributed by atoms with Crippen molar-refractivity contribution in [2.75, 3.05) is 50.0 Å². The van der Waals surface area contributed by atoms with E-state index in [-0.39, 0.29) is 29.4 Å². The average Bonchev–Trinajstić information content (AvgIpc) is 3.25. The molecule has 0 atom stereocenters. The number of aromatic nitrogens is 1. The van der Waals surface area contributed by atoms with Crippen LogP contribution in [-0.4, -0.2) is 69.4 Å². The molecular formula is C24H27BrFN3O4S2. The molecule has 7 nitrogen and oxygen atoms in total. The topological polar surface area (TPSA) is 79.8 Å². The molecule has 3 aromatic rings. The number of halogens is 2. The van der Waals surface area contributed by atoms with Gasteiger partial charge in [-0.1, -0.05) is 27.3 Å². The van der Waals surface area contributed by atoms with E-state index in [2.05, 4.69) is 25.8 Å². The number of carbonyl (C=O) groups is 1. The zero-order valence-electron chi connectivity index (χ0n) is 19.2. The lowest BCUT2D eigenvalue weighted by molar-refractivity contribution is -0.118. The van der Waals surface area contributed by atoms with Crippen molar-refractivity contribution in [3.8, 4) is 0 Å². The van der Waals surface area contributed by atoms with Crippen molar-refractivity contribution in [3.05, 3.63) is 52.8 Å². The molecule has 1 fully saturated rings. The zero-order chi connectivity index (χ0) is 24.8. The molecule has 1 aromatic heterocycles. The molecule has 4 rings (SSSR count). The van der Waals surface area contributed by atoms with Crippen molar-refractivity contribution in [2.24, 2.45) is 0 Å². The van der Waals surface area contributed by atoms with E-state index in [0.29, 0.717) is 11.7 Å². The first-order valence-corrected chi connectivity index (χ1v) is 14.7. The molecule has 0 bridgehead atoms. The fourth-order valence-electron chi connectivity index (χ4n) is 3.91. The number of sulfone groups is 1. The van der Waals surface area contributed by atoms with E-state index in [1.807, 2.05) is 18.2 Å². The quantitative estimate of drug-likeness (QED) is 0.327. The van der Waals surface area contributed by atoms with Crippen molar-refractivity contribution in [1.82, 2.24) is 9.88 Å². The Kier molecular flexibility index (Phi) is 8.87. The Morgan fingerprint density at radius 1 is 1.14 bits per heavy atom. The van der Waals surface area contributed by atoms with Gasteiger partial charge in [0.25, 0.3) is 0 Å². The summed E-state index contributed by atoms with van der Waals surface area (Å²) in [6, 6.07) is 10.6. The molecule has 0 radical (unpaired) electrons. The molecular weight excluding hydrogens is 557 g/mol. The van der Waals surface area contributed by atoms with Gasteiger partial charge in [-0.25, -0.2) is 17.8 Å². The van der Waals surface area contributed by atoms with E-state index in [1.54, 1.807) is 4.90 Å². The van der Waals surface area contributed by atoms with Crippen LogP contribution in [0.15, 0.2) is 51.8 Å². The van der Waals surface area contributed by atoms with Gasteiger partial charge in [-0.05, 0) is 55.3 Å². The van der Waals surface area contributed by atoms with E-state index < -0.39 is 15.7 Å². The summed E-state index contributed by atoms with van der Waals surface area (Å²) in [5.74, 6) is -0.826.